The Balaban J connectivity index is 1.91. The number of carbonyl (C=O) groups is 1. The minimum absolute atomic E-state index is 0.267. The van der Waals surface area contributed by atoms with E-state index in [1.807, 2.05) is 0 Å². The lowest BCUT2D eigenvalue weighted by Crippen LogP contribution is -2.43. The number of aromatic nitrogens is 1. The van der Waals surface area contributed by atoms with Gasteiger partial charge in [0, 0.05) is 18.5 Å². The predicted molar refractivity (Wildman–Crippen MR) is 68.5 cm³/mol. The van der Waals surface area contributed by atoms with Crippen molar-refractivity contribution in [1.82, 2.24) is 10.3 Å². The molecule has 0 bridgehead atoms. The van der Waals surface area contributed by atoms with Gasteiger partial charge in [-0.1, -0.05) is 11.6 Å². The van der Waals surface area contributed by atoms with E-state index in [1.165, 1.54) is 6.20 Å². The highest BCUT2D eigenvalue weighted by atomic mass is 35.5. The van der Waals surface area contributed by atoms with Gasteiger partial charge in [-0.2, -0.15) is 11.8 Å². The molecule has 2 rings (SSSR count). The maximum atomic E-state index is 11.7. The van der Waals surface area contributed by atoms with Crippen LogP contribution < -0.4 is 5.32 Å². The number of pyridine rings is 1. The summed E-state index contributed by atoms with van der Waals surface area (Å²) in [5.41, 5.74) is -0.462. The van der Waals surface area contributed by atoms with Crippen LogP contribution in [0.15, 0.2) is 18.3 Å². The standard InChI is InChI=1S/C11H13ClN2O2S/c12-8-1-2-9(13-5-8)10(15)14-6-11(16)3-4-17-7-11/h1-2,5,16H,3-4,6-7H2,(H,14,15)/t11-/m1/s1. The summed E-state index contributed by atoms with van der Waals surface area (Å²) in [6.45, 7) is 0.267. The molecule has 1 aromatic rings. The fraction of sp³-hybridized carbons (Fsp3) is 0.455. The van der Waals surface area contributed by atoms with Gasteiger partial charge < -0.3 is 10.4 Å². The lowest BCUT2D eigenvalue weighted by molar-refractivity contribution is 0.0611. The van der Waals surface area contributed by atoms with E-state index in [0.717, 1.165) is 5.75 Å². The van der Waals surface area contributed by atoms with Crippen LogP contribution in [0.5, 0.6) is 0 Å². The monoisotopic (exact) mass is 272 g/mol. The minimum atomic E-state index is -0.771. The number of aliphatic hydroxyl groups is 1. The Morgan fingerprint density at radius 1 is 1.65 bits per heavy atom. The molecule has 0 saturated carbocycles. The van der Waals surface area contributed by atoms with Gasteiger partial charge in [0.2, 0.25) is 0 Å². The van der Waals surface area contributed by atoms with Crippen molar-refractivity contribution in [3.63, 3.8) is 0 Å². The van der Waals surface area contributed by atoms with E-state index in [1.54, 1.807) is 23.9 Å². The molecule has 0 spiro atoms. The van der Waals surface area contributed by atoms with E-state index in [0.29, 0.717) is 22.9 Å². The molecule has 2 N–H and O–H groups in total. The second kappa shape index (κ2) is 5.25. The molecule has 1 atom stereocenters. The van der Waals surface area contributed by atoms with Crippen molar-refractivity contribution < 1.29 is 9.90 Å². The molecular formula is C11H13ClN2O2S. The minimum Gasteiger partial charge on any atom is -0.387 e. The molecule has 1 aromatic heterocycles. The van der Waals surface area contributed by atoms with Crippen molar-refractivity contribution in [2.45, 2.75) is 12.0 Å². The van der Waals surface area contributed by atoms with Crippen LogP contribution in [0.3, 0.4) is 0 Å². The van der Waals surface area contributed by atoms with E-state index >= 15 is 0 Å². The first-order valence-corrected chi connectivity index (χ1v) is 6.82. The summed E-state index contributed by atoms with van der Waals surface area (Å²) in [5.74, 6) is 1.32. The first kappa shape index (κ1) is 12.7. The molecule has 1 amide bonds. The molecule has 0 radical (unpaired) electrons. The van der Waals surface area contributed by atoms with Crippen LogP contribution in [0.1, 0.15) is 16.9 Å². The van der Waals surface area contributed by atoms with Gasteiger partial charge in [-0.15, -0.1) is 0 Å². The second-order valence-electron chi connectivity index (χ2n) is 4.07. The van der Waals surface area contributed by atoms with Gasteiger partial charge in [0.15, 0.2) is 0 Å². The van der Waals surface area contributed by atoms with Gasteiger partial charge in [-0.05, 0) is 24.3 Å². The number of nitrogens with one attached hydrogen (secondary N) is 1. The molecular weight excluding hydrogens is 260 g/mol. The largest absolute Gasteiger partial charge is 0.387 e. The van der Waals surface area contributed by atoms with E-state index < -0.39 is 5.60 Å². The highest BCUT2D eigenvalue weighted by Gasteiger charge is 2.32. The molecule has 0 unspecified atom stereocenters. The van der Waals surface area contributed by atoms with Crippen LogP contribution in [0.4, 0.5) is 0 Å². The van der Waals surface area contributed by atoms with Crippen LogP contribution >= 0.6 is 23.4 Å². The zero-order chi connectivity index (χ0) is 12.3. The summed E-state index contributed by atoms with van der Waals surface area (Å²) < 4.78 is 0. The van der Waals surface area contributed by atoms with Crippen molar-refractivity contribution in [2.75, 3.05) is 18.1 Å². The van der Waals surface area contributed by atoms with Crippen LogP contribution in [0.2, 0.25) is 5.02 Å². The SMILES string of the molecule is O=C(NC[C@]1(O)CCSC1)c1ccc(Cl)cn1. The third-order valence-corrected chi connectivity index (χ3v) is 4.08. The quantitative estimate of drug-likeness (QED) is 0.872. The second-order valence-corrected chi connectivity index (χ2v) is 5.61. The van der Waals surface area contributed by atoms with Gasteiger partial charge in [0.25, 0.3) is 5.91 Å². The molecule has 92 valence electrons. The van der Waals surface area contributed by atoms with Crippen LogP contribution in [-0.2, 0) is 0 Å². The average Bonchev–Trinajstić information content (AvgIpc) is 2.75. The molecule has 0 aliphatic carbocycles. The van der Waals surface area contributed by atoms with Crippen molar-refractivity contribution >= 4 is 29.3 Å². The Morgan fingerprint density at radius 3 is 3.06 bits per heavy atom. The number of amides is 1. The molecule has 1 fully saturated rings. The maximum Gasteiger partial charge on any atom is 0.269 e. The molecule has 2 heterocycles. The van der Waals surface area contributed by atoms with Crippen molar-refractivity contribution in [3.8, 4) is 0 Å². The normalized spacial score (nSPS) is 23.6. The topological polar surface area (TPSA) is 62.2 Å². The fourth-order valence-electron chi connectivity index (χ4n) is 1.58. The van der Waals surface area contributed by atoms with E-state index in [2.05, 4.69) is 10.3 Å². The zero-order valence-electron chi connectivity index (χ0n) is 9.15. The predicted octanol–water partition coefficient (Wildman–Crippen LogP) is 1.33. The van der Waals surface area contributed by atoms with Crippen molar-refractivity contribution in [2.24, 2.45) is 0 Å². The highest BCUT2D eigenvalue weighted by Crippen LogP contribution is 2.26. The molecule has 6 heteroatoms. The Labute approximate surface area is 109 Å². The lowest BCUT2D eigenvalue weighted by atomic mass is 10.0. The number of nitrogens with zero attached hydrogens (tertiary/aromatic N) is 1. The third-order valence-electron chi connectivity index (χ3n) is 2.62. The summed E-state index contributed by atoms with van der Waals surface area (Å²) in [5, 5.41) is 13.2. The average molecular weight is 273 g/mol. The fourth-order valence-corrected chi connectivity index (χ4v) is 2.99. The summed E-state index contributed by atoms with van der Waals surface area (Å²) in [6.07, 6.45) is 2.14. The first-order chi connectivity index (χ1) is 8.09. The van der Waals surface area contributed by atoms with Gasteiger partial charge in [-0.3, -0.25) is 4.79 Å². The molecule has 17 heavy (non-hydrogen) atoms. The lowest BCUT2D eigenvalue weighted by Gasteiger charge is -2.21. The summed E-state index contributed by atoms with van der Waals surface area (Å²) in [7, 11) is 0. The first-order valence-electron chi connectivity index (χ1n) is 5.29. The number of halogens is 1. The Kier molecular flexibility index (Phi) is 3.91. The molecule has 4 nitrogen and oxygen atoms in total. The van der Waals surface area contributed by atoms with E-state index in [9.17, 15) is 9.90 Å². The van der Waals surface area contributed by atoms with E-state index in [4.69, 9.17) is 11.6 Å². The molecule has 1 aliphatic heterocycles. The number of carbonyl (C=O) groups excluding carboxylic acids is 1. The third kappa shape index (κ3) is 3.34. The smallest absolute Gasteiger partial charge is 0.269 e. The Bertz CT molecular complexity index is 404. The van der Waals surface area contributed by atoms with Gasteiger partial charge in [0.1, 0.15) is 5.69 Å². The highest BCUT2D eigenvalue weighted by molar-refractivity contribution is 7.99. The number of hydrogen-bond donors (Lipinski definition) is 2. The number of rotatable bonds is 3. The molecule has 1 saturated heterocycles. The summed E-state index contributed by atoms with van der Waals surface area (Å²) in [6, 6.07) is 3.18. The van der Waals surface area contributed by atoms with Crippen molar-refractivity contribution in [3.05, 3.63) is 29.0 Å². The molecule has 0 aromatic carbocycles. The summed E-state index contributed by atoms with van der Waals surface area (Å²) in [4.78, 5) is 15.6. The zero-order valence-corrected chi connectivity index (χ0v) is 10.7. The van der Waals surface area contributed by atoms with Crippen molar-refractivity contribution in [1.29, 1.82) is 0 Å². The van der Waals surface area contributed by atoms with Gasteiger partial charge >= 0.3 is 0 Å². The van der Waals surface area contributed by atoms with Crippen LogP contribution in [0.25, 0.3) is 0 Å². The number of thioether (sulfide) groups is 1. The summed E-state index contributed by atoms with van der Waals surface area (Å²) >= 11 is 7.38. The van der Waals surface area contributed by atoms with Crippen LogP contribution in [0, 0.1) is 0 Å². The van der Waals surface area contributed by atoms with Gasteiger partial charge in [-0.25, -0.2) is 4.98 Å². The van der Waals surface area contributed by atoms with Gasteiger partial charge in [0.05, 0.1) is 10.6 Å². The maximum absolute atomic E-state index is 11.7. The van der Waals surface area contributed by atoms with E-state index in [-0.39, 0.29) is 12.5 Å². The molecule has 1 aliphatic rings. The Hall–Kier alpha value is -0.780. The van der Waals surface area contributed by atoms with Crippen LogP contribution in [-0.4, -0.2) is 39.6 Å². The number of hydrogen-bond acceptors (Lipinski definition) is 4. The Morgan fingerprint density at radius 2 is 2.47 bits per heavy atom.